The zero-order chi connectivity index (χ0) is 19.2. The van der Waals surface area contributed by atoms with Gasteiger partial charge in [-0.1, -0.05) is 19.1 Å². The summed E-state index contributed by atoms with van der Waals surface area (Å²) in [6, 6.07) is 10.3. The van der Waals surface area contributed by atoms with E-state index in [-0.39, 0.29) is 24.1 Å². The molecule has 0 spiro atoms. The number of hydrogen-bond acceptors (Lipinski definition) is 4. The number of aliphatic hydroxyl groups excluding tert-OH is 1. The number of aromatic nitrogens is 1. The van der Waals surface area contributed by atoms with Gasteiger partial charge in [0, 0.05) is 37.9 Å². The van der Waals surface area contributed by atoms with E-state index in [4.69, 9.17) is 0 Å². The van der Waals surface area contributed by atoms with Gasteiger partial charge in [-0.05, 0) is 60.9 Å². The molecule has 146 valence electrons. The van der Waals surface area contributed by atoms with Crippen LogP contribution in [0.4, 0.5) is 4.39 Å². The molecule has 2 N–H and O–H groups in total. The number of hydrogen-bond donors (Lipinski definition) is 2. The second-order valence-corrected chi connectivity index (χ2v) is 7.78. The van der Waals surface area contributed by atoms with Crippen molar-refractivity contribution in [3.05, 3.63) is 59.7 Å². The molecule has 1 saturated heterocycles. The molecule has 3 atom stereocenters. The number of pyridine rings is 1. The molecule has 1 fully saturated rings. The SMILES string of the molecule is C[C@H](CN1C[C@@H](CCCc2ccc(F)cc2)[C@@H](CO)C1)c1ccc(O)cn1. The van der Waals surface area contributed by atoms with Crippen molar-refractivity contribution in [3.63, 3.8) is 0 Å². The van der Waals surface area contributed by atoms with Gasteiger partial charge in [-0.2, -0.15) is 0 Å². The summed E-state index contributed by atoms with van der Waals surface area (Å²) < 4.78 is 13.0. The third kappa shape index (κ3) is 5.50. The van der Waals surface area contributed by atoms with Crippen molar-refractivity contribution < 1.29 is 14.6 Å². The van der Waals surface area contributed by atoms with Crippen molar-refractivity contribution in [1.82, 2.24) is 9.88 Å². The van der Waals surface area contributed by atoms with Crippen LogP contribution in [-0.2, 0) is 6.42 Å². The van der Waals surface area contributed by atoms with Crippen molar-refractivity contribution in [3.8, 4) is 5.75 Å². The summed E-state index contributed by atoms with van der Waals surface area (Å²) in [5.74, 6) is 1.09. The van der Waals surface area contributed by atoms with Gasteiger partial charge in [0.1, 0.15) is 11.6 Å². The Morgan fingerprint density at radius 1 is 1.15 bits per heavy atom. The highest BCUT2D eigenvalue weighted by molar-refractivity contribution is 5.20. The van der Waals surface area contributed by atoms with E-state index >= 15 is 0 Å². The van der Waals surface area contributed by atoms with E-state index in [0.29, 0.717) is 11.8 Å². The monoisotopic (exact) mass is 372 g/mol. The Labute approximate surface area is 160 Å². The average molecular weight is 372 g/mol. The maximum atomic E-state index is 13.0. The third-order valence-electron chi connectivity index (χ3n) is 5.65. The molecule has 4 nitrogen and oxygen atoms in total. The van der Waals surface area contributed by atoms with Crippen molar-refractivity contribution >= 4 is 0 Å². The Balaban J connectivity index is 1.48. The topological polar surface area (TPSA) is 56.6 Å². The lowest BCUT2D eigenvalue weighted by atomic mass is 9.91. The second kappa shape index (κ2) is 9.29. The van der Waals surface area contributed by atoms with Crippen LogP contribution in [-0.4, -0.2) is 46.3 Å². The highest BCUT2D eigenvalue weighted by Crippen LogP contribution is 2.29. The van der Waals surface area contributed by atoms with Gasteiger partial charge >= 0.3 is 0 Å². The summed E-state index contributed by atoms with van der Waals surface area (Å²) in [5.41, 5.74) is 2.15. The molecule has 1 aliphatic heterocycles. The standard InChI is InChI=1S/C22H29FN2O2/c1-16(22-10-9-21(27)11-24-22)12-25-13-18(19(14-25)15-26)4-2-3-17-5-7-20(23)8-6-17/h5-11,16,18-19,26-27H,2-4,12-15H2,1H3/t16-,18-,19-/m1/s1. The first-order chi connectivity index (χ1) is 13.0. The fourth-order valence-electron chi connectivity index (χ4n) is 4.11. The number of aryl methyl sites for hydroxylation is 1. The van der Waals surface area contributed by atoms with E-state index in [9.17, 15) is 14.6 Å². The fraction of sp³-hybridized carbons (Fsp3) is 0.500. The number of halogens is 1. The van der Waals surface area contributed by atoms with E-state index in [1.165, 1.54) is 23.9 Å². The number of benzene rings is 1. The second-order valence-electron chi connectivity index (χ2n) is 7.78. The first kappa shape index (κ1) is 19.8. The Hall–Kier alpha value is -1.98. The van der Waals surface area contributed by atoms with Gasteiger partial charge in [0.2, 0.25) is 0 Å². The molecule has 0 bridgehead atoms. The molecule has 0 unspecified atom stereocenters. The minimum Gasteiger partial charge on any atom is -0.506 e. The highest BCUT2D eigenvalue weighted by atomic mass is 19.1. The minimum atomic E-state index is -0.192. The fourth-order valence-corrected chi connectivity index (χ4v) is 4.11. The van der Waals surface area contributed by atoms with Crippen LogP contribution in [0.2, 0.25) is 0 Å². The zero-order valence-electron chi connectivity index (χ0n) is 15.9. The molecule has 0 radical (unpaired) electrons. The molecule has 1 aromatic carbocycles. The number of likely N-dealkylation sites (tertiary alicyclic amines) is 1. The van der Waals surface area contributed by atoms with Crippen molar-refractivity contribution in [1.29, 1.82) is 0 Å². The van der Waals surface area contributed by atoms with E-state index in [1.807, 2.05) is 18.2 Å². The van der Waals surface area contributed by atoms with Crippen LogP contribution >= 0.6 is 0 Å². The summed E-state index contributed by atoms with van der Waals surface area (Å²) in [6.45, 7) is 5.19. The summed E-state index contributed by atoms with van der Waals surface area (Å²) in [7, 11) is 0. The molecule has 27 heavy (non-hydrogen) atoms. The lowest BCUT2D eigenvalue weighted by Crippen LogP contribution is -2.26. The van der Waals surface area contributed by atoms with Gasteiger partial charge in [0.05, 0.1) is 6.20 Å². The smallest absolute Gasteiger partial charge is 0.133 e. The van der Waals surface area contributed by atoms with Crippen molar-refractivity contribution in [2.45, 2.75) is 32.1 Å². The van der Waals surface area contributed by atoms with E-state index in [0.717, 1.165) is 44.6 Å². The first-order valence-electron chi connectivity index (χ1n) is 9.77. The lowest BCUT2D eigenvalue weighted by molar-refractivity contribution is 0.195. The predicted molar refractivity (Wildman–Crippen MR) is 104 cm³/mol. The molecule has 0 saturated carbocycles. The van der Waals surface area contributed by atoms with E-state index < -0.39 is 0 Å². The van der Waals surface area contributed by atoms with Gasteiger partial charge in [-0.15, -0.1) is 0 Å². The molecule has 2 heterocycles. The Morgan fingerprint density at radius 3 is 2.56 bits per heavy atom. The number of nitrogens with zero attached hydrogens (tertiary/aromatic N) is 2. The number of rotatable bonds is 8. The minimum absolute atomic E-state index is 0.189. The summed E-state index contributed by atoms with van der Waals surface area (Å²) in [5, 5.41) is 19.2. The highest BCUT2D eigenvalue weighted by Gasteiger charge is 2.32. The van der Waals surface area contributed by atoms with Crippen LogP contribution in [0.3, 0.4) is 0 Å². The zero-order valence-corrected chi connectivity index (χ0v) is 15.9. The Morgan fingerprint density at radius 2 is 1.89 bits per heavy atom. The quantitative estimate of drug-likeness (QED) is 0.743. The molecular formula is C22H29FN2O2. The summed E-state index contributed by atoms with van der Waals surface area (Å²) in [6.07, 6.45) is 4.56. The van der Waals surface area contributed by atoms with Gasteiger partial charge in [-0.25, -0.2) is 4.39 Å². The third-order valence-corrected chi connectivity index (χ3v) is 5.65. The predicted octanol–water partition coefficient (Wildman–Crippen LogP) is 3.59. The van der Waals surface area contributed by atoms with Gasteiger partial charge in [0.25, 0.3) is 0 Å². The maximum absolute atomic E-state index is 13.0. The first-order valence-corrected chi connectivity index (χ1v) is 9.77. The maximum Gasteiger partial charge on any atom is 0.133 e. The normalized spacial score (nSPS) is 21.4. The molecule has 2 aromatic rings. The van der Waals surface area contributed by atoms with Crippen molar-refractivity contribution in [2.75, 3.05) is 26.2 Å². The molecule has 0 amide bonds. The largest absolute Gasteiger partial charge is 0.506 e. The summed E-state index contributed by atoms with van der Waals surface area (Å²) in [4.78, 5) is 6.73. The van der Waals surface area contributed by atoms with Crippen LogP contribution in [0.1, 0.15) is 36.9 Å². The molecule has 0 aliphatic carbocycles. The van der Waals surface area contributed by atoms with Gasteiger partial charge < -0.3 is 15.1 Å². The van der Waals surface area contributed by atoms with Crippen molar-refractivity contribution in [2.24, 2.45) is 11.8 Å². The molecule has 1 aliphatic rings. The lowest BCUT2D eigenvalue weighted by Gasteiger charge is -2.20. The van der Waals surface area contributed by atoms with E-state index in [2.05, 4.69) is 16.8 Å². The van der Waals surface area contributed by atoms with E-state index in [1.54, 1.807) is 6.07 Å². The average Bonchev–Trinajstić information content (AvgIpc) is 3.05. The van der Waals surface area contributed by atoms with Crippen LogP contribution < -0.4 is 0 Å². The van der Waals surface area contributed by atoms with Crippen LogP contribution in [0, 0.1) is 17.7 Å². The van der Waals surface area contributed by atoms with Gasteiger partial charge in [-0.3, -0.25) is 4.98 Å². The van der Waals surface area contributed by atoms with Crippen LogP contribution in [0.5, 0.6) is 5.75 Å². The van der Waals surface area contributed by atoms with Crippen LogP contribution in [0.15, 0.2) is 42.6 Å². The summed E-state index contributed by atoms with van der Waals surface area (Å²) >= 11 is 0. The molecule has 1 aromatic heterocycles. The number of aliphatic hydroxyl groups is 1. The van der Waals surface area contributed by atoms with Crippen LogP contribution in [0.25, 0.3) is 0 Å². The number of aromatic hydroxyl groups is 1. The molecular weight excluding hydrogens is 343 g/mol. The Kier molecular flexibility index (Phi) is 6.80. The van der Waals surface area contributed by atoms with Gasteiger partial charge in [0.15, 0.2) is 0 Å². The molecule has 5 heteroatoms. The Bertz CT molecular complexity index is 705. The molecule has 3 rings (SSSR count).